The van der Waals surface area contributed by atoms with Crippen LogP contribution in [-0.4, -0.2) is 25.0 Å². The van der Waals surface area contributed by atoms with Gasteiger partial charge in [-0.15, -0.1) is 0 Å². The van der Waals surface area contributed by atoms with Crippen LogP contribution in [0.2, 0.25) is 0 Å². The molecule has 96 valence electrons. The maximum atomic E-state index is 12.2. The molecule has 0 saturated carbocycles. The van der Waals surface area contributed by atoms with Gasteiger partial charge in [0.1, 0.15) is 0 Å². The number of hydrogen-bond acceptors (Lipinski definition) is 4. The summed E-state index contributed by atoms with van der Waals surface area (Å²) in [5.74, 6) is 0.904. The highest BCUT2D eigenvalue weighted by Gasteiger charge is 2.10. The van der Waals surface area contributed by atoms with Crippen LogP contribution in [0.4, 0.5) is 0 Å². The molecule has 0 aliphatic heterocycles. The van der Waals surface area contributed by atoms with Crippen LogP contribution in [0.15, 0.2) is 29.6 Å². The highest BCUT2D eigenvalue weighted by atomic mass is 32.2. The number of aromatic nitrogens is 3. The molecule has 2 aromatic rings. The molecule has 0 atom stereocenters. The molecule has 0 N–H and O–H groups in total. The fraction of sp³-hybridized carbons (Fsp3) is 0.462. The third-order valence-electron chi connectivity index (χ3n) is 2.49. The summed E-state index contributed by atoms with van der Waals surface area (Å²) < 4.78 is 1.89. The van der Waals surface area contributed by atoms with Crippen molar-refractivity contribution in [2.24, 2.45) is 0 Å². The Labute approximate surface area is 110 Å². The van der Waals surface area contributed by atoms with E-state index in [1.165, 1.54) is 0 Å². The van der Waals surface area contributed by atoms with Crippen LogP contribution >= 0.6 is 11.8 Å². The molecular formula is C13H17N3OS. The van der Waals surface area contributed by atoms with Gasteiger partial charge in [-0.25, -0.2) is 4.98 Å². The molecule has 0 saturated heterocycles. The standard InChI is InChI=1S/C13H17N3OS/c1-13(2,3)18-7-6-16-9-15-11-8-14-5-4-10(11)12(16)17/h4-5,8-9H,6-7H2,1-3H3. The normalized spacial score (nSPS) is 11.9. The van der Waals surface area contributed by atoms with Crippen molar-refractivity contribution in [2.45, 2.75) is 32.1 Å². The van der Waals surface area contributed by atoms with Gasteiger partial charge < -0.3 is 0 Å². The second-order valence-electron chi connectivity index (χ2n) is 5.10. The number of thioether (sulfide) groups is 1. The minimum absolute atomic E-state index is 0.0110. The van der Waals surface area contributed by atoms with Gasteiger partial charge in [-0.3, -0.25) is 14.3 Å². The summed E-state index contributed by atoms with van der Waals surface area (Å²) in [6, 6.07) is 1.72. The number of pyridine rings is 1. The predicted octanol–water partition coefficient (Wildman–Crippen LogP) is 2.32. The zero-order valence-electron chi connectivity index (χ0n) is 10.9. The molecule has 4 nitrogen and oxygen atoms in total. The summed E-state index contributed by atoms with van der Waals surface area (Å²) in [6.45, 7) is 7.20. The van der Waals surface area contributed by atoms with Crippen LogP contribution in [-0.2, 0) is 6.54 Å². The van der Waals surface area contributed by atoms with Crippen molar-refractivity contribution in [1.29, 1.82) is 0 Å². The minimum Gasteiger partial charge on any atom is -0.298 e. The summed E-state index contributed by atoms with van der Waals surface area (Å²) in [5.41, 5.74) is 0.666. The fourth-order valence-corrected chi connectivity index (χ4v) is 2.52. The average Bonchev–Trinajstić information content (AvgIpc) is 2.31. The number of rotatable bonds is 3. The first-order chi connectivity index (χ1) is 8.47. The van der Waals surface area contributed by atoms with E-state index in [9.17, 15) is 4.79 Å². The molecule has 0 aromatic carbocycles. The lowest BCUT2D eigenvalue weighted by molar-refractivity contribution is 0.717. The molecule has 0 radical (unpaired) electrons. The van der Waals surface area contributed by atoms with Crippen LogP contribution in [0.5, 0.6) is 0 Å². The molecule has 0 fully saturated rings. The lowest BCUT2D eigenvalue weighted by Crippen LogP contribution is -2.22. The van der Waals surface area contributed by atoms with Crippen LogP contribution in [0, 0.1) is 0 Å². The Kier molecular flexibility index (Phi) is 3.71. The van der Waals surface area contributed by atoms with Gasteiger partial charge >= 0.3 is 0 Å². The lowest BCUT2D eigenvalue weighted by Gasteiger charge is -2.17. The van der Waals surface area contributed by atoms with E-state index in [0.717, 1.165) is 5.75 Å². The largest absolute Gasteiger partial charge is 0.298 e. The van der Waals surface area contributed by atoms with E-state index in [-0.39, 0.29) is 10.3 Å². The van der Waals surface area contributed by atoms with Gasteiger partial charge in [-0.1, -0.05) is 20.8 Å². The van der Waals surface area contributed by atoms with Gasteiger partial charge in [0.15, 0.2) is 0 Å². The van der Waals surface area contributed by atoms with Crippen molar-refractivity contribution < 1.29 is 0 Å². The lowest BCUT2D eigenvalue weighted by atomic mass is 10.3. The first kappa shape index (κ1) is 13.1. The van der Waals surface area contributed by atoms with Gasteiger partial charge in [-0.2, -0.15) is 11.8 Å². The topological polar surface area (TPSA) is 47.8 Å². The van der Waals surface area contributed by atoms with Crippen molar-refractivity contribution in [2.75, 3.05) is 5.75 Å². The molecule has 0 spiro atoms. The summed E-state index contributed by atoms with van der Waals surface area (Å²) in [6.07, 6.45) is 4.85. The van der Waals surface area contributed by atoms with Gasteiger partial charge in [-0.05, 0) is 6.07 Å². The van der Waals surface area contributed by atoms with Crippen molar-refractivity contribution in [1.82, 2.24) is 14.5 Å². The first-order valence-electron chi connectivity index (χ1n) is 5.90. The number of fused-ring (bicyclic) bond motifs is 1. The van der Waals surface area contributed by atoms with E-state index in [4.69, 9.17) is 0 Å². The molecule has 0 unspecified atom stereocenters. The third-order valence-corrected chi connectivity index (χ3v) is 3.75. The molecule has 0 amide bonds. The highest BCUT2D eigenvalue weighted by Crippen LogP contribution is 2.22. The van der Waals surface area contributed by atoms with Crippen molar-refractivity contribution >= 4 is 22.7 Å². The molecule has 2 rings (SSSR count). The fourth-order valence-electron chi connectivity index (χ4n) is 1.62. The number of nitrogens with zero attached hydrogens (tertiary/aromatic N) is 3. The van der Waals surface area contributed by atoms with Gasteiger partial charge in [0.05, 0.1) is 23.4 Å². The van der Waals surface area contributed by atoms with Gasteiger partial charge in [0.25, 0.3) is 5.56 Å². The summed E-state index contributed by atoms with van der Waals surface area (Å²) in [5, 5.41) is 0.633. The maximum absolute atomic E-state index is 12.2. The third kappa shape index (κ3) is 3.10. The van der Waals surface area contributed by atoms with E-state index >= 15 is 0 Å². The maximum Gasteiger partial charge on any atom is 0.261 e. The van der Waals surface area contributed by atoms with Crippen LogP contribution in [0.25, 0.3) is 10.9 Å². The highest BCUT2D eigenvalue weighted by molar-refractivity contribution is 8.00. The number of aryl methyl sites for hydroxylation is 1. The van der Waals surface area contributed by atoms with Crippen molar-refractivity contribution in [3.05, 3.63) is 35.1 Å². The van der Waals surface area contributed by atoms with E-state index < -0.39 is 0 Å². The molecule has 18 heavy (non-hydrogen) atoms. The van der Waals surface area contributed by atoms with Crippen LogP contribution in [0.1, 0.15) is 20.8 Å². The van der Waals surface area contributed by atoms with E-state index in [2.05, 4.69) is 30.7 Å². The summed E-state index contributed by atoms with van der Waals surface area (Å²) >= 11 is 1.84. The second-order valence-corrected chi connectivity index (χ2v) is 7.02. The molecular weight excluding hydrogens is 246 g/mol. The second kappa shape index (κ2) is 5.10. The SMILES string of the molecule is CC(C)(C)SCCn1cnc2cnccc2c1=O. The summed E-state index contributed by atoms with van der Waals surface area (Å²) in [4.78, 5) is 20.4. The quantitative estimate of drug-likeness (QED) is 0.852. The first-order valence-corrected chi connectivity index (χ1v) is 6.89. The Morgan fingerprint density at radius 3 is 2.89 bits per heavy atom. The minimum atomic E-state index is 0.0110. The molecule has 5 heteroatoms. The molecule has 2 heterocycles. The summed E-state index contributed by atoms with van der Waals surface area (Å²) in [7, 11) is 0. The van der Waals surface area contributed by atoms with Crippen LogP contribution in [0.3, 0.4) is 0 Å². The van der Waals surface area contributed by atoms with Crippen molar-refractivity contribution in [3.63, 3.8) is 0 Å². The van der Waals surface area contributed by atoms with Crippen LogP contribution < -0.4 is 5.56 Å². The molecule has 0 bridgehead atoms. The molecule has 0 aliphatic rings. The monoisotopic (exact) mass is 263 g/mol. The van der Waals surface area contributed by atoms with Crippen molar-refractivity contribution in [3.8, 4) is 0 Å². The zero-order valence-corrected chi connectivity index (χ0v) is 11.7. The van der Waals surface area contributed by atoms with E-state index in [0.29, 0.717) is 17.4 Å². The van der Waals surface area contributed by atoms with Gasteiger partial charge in [0.2, 0.25) is 0 Å². The Balaban J connectivity index is 2.20. The van der Waals surface area contributed by atoms with E-state index in [1.807, 2.05) is 11.8 Å². The molecule has 0 aliphatic carbocycles. The van der Waals surface area contributed by atoms with E-state index in [1.54, 1.807) is 29.4 Å². The smallest absolute Gasteiger partial charge is 0.261 e. The van der Waals surface area contributed by atoms with Gasteiger partial charge in [0, 0.05) is 23.2 Å². The Morgan fingerprint density at radius 1 is 1.39 bits per heavy atom. The predicted molar refractivity (Wildman–Crippen MR) is 76.0 cm³/mol. The number of hydrogen-bond donors (Lipinski definition) is 0. The molecule has 2 aromatic heterocycles. The Hall–Kier alpha value is -1.36. The zero-order chi connectivity index (χ0) is 13.2. The Bertz CT molecular complexity index is 601. The average molecular weight is 263 g/mol. The Morgan fingerprint density at radius 2 is 2.17 bits per heavy atom.